The first-order chi connectivity index (χ1) is 16.9. The van der Waals surface area contributed by atoms with E-state index < -0.39 is 0 Å². The molecular weight excluding hydrogens is 440 g/mol. The van der Waals surface area contributed by atoms with Crippen LogP contribution in [0.1, 0.15) is 83.1 Å². The third kappa shape index (κ3) is 16.7. The van der Waals surface area contributed by atoms with Crippen molar-refractivity contribution in [3.05, 3.63) is 55.1 Å². The van der Waals surface area contributed by atoms with Gasteiger partial charge in [-0.05, 0) is 56.6 Å². The number of benzene rings is 1. The van der Waals surface area contributed by atoms with Crippen LogP contribution in [-0.4, -0.2) is 31.8 Å². The molecule has 1 aromatic rings. The van der Waals surface area contributed by atoms with E-state index in [0.717, 1.165) is 43.3 Å². The fourth-order valence-corrected chi connectivity index (χ4v) is 4.00. The smallest absolute Gasteiger partial charge is 0.330 e. The van der Waals surface area contributed by atoms with Crippen LogP contribution >= 0.6 is 0 Å². The van der Waals surface area contributed by atoms with Crippen molar-refractivity contribution in [3.8, 4) is 5.75 Å². The first-order valence-electron chi connectivity index (χ1n) is 13.2. The van der Waals surface area contributed by atoms with E-state index in [0.29, 0.717) is 19.8 Å². The number of hydrogen-bond acceptors (Lipinski definition) is 5. The summed E-state index contributed by atoms with van der Waals surface area (Å²) in [5, 5.41) is 0. The normalized spacial score (nSPS) is 16.9. The monoisotopic (exact) mass is 486 g/mol. The van der Waals surface area contributed by atoms with E-state index in [-0.39, 0.29) is 11.9 Å². The predicted molar refractivity (Wildman–Crippen MR) is 142 cm³/mol. The number of ether oxygens (including phenoxy) is 3. The molecule has 0 saturated heterocycles. The first kappa shape index (κ1) is 30.5. The molecule has 196 valence electrons. The van der Waals surface area contributed by atoms with Crippen LogP contribution in [-0.2, 0) is 19.1 Å². The third-order valence-corrected chi connectivity index (χ3v) is 6.29. The molecule has 0 aromatic heterocycles. The fraction of sp³-hybridized carbons (Fsp3) is 0.600. The average Bonchev–Trinajstić information content (AvgIpc) is 2.87. The van der Waals surface area contributed by atoms with E-state index in [1.165, 1.54) is 62.7 Å². The topological polar surface area (TPSA) is 61.8 Å². The van der Waals surface area contributed by atoms with Crippen molar-refractivity contribution in [2.45, 2.75) is 84.5 Å². The molecule has 0 heterocycles. The van der Waals surface area contributed by atoms with Crippen LogP contribution in [0.5, 0.6) is 5.75 Å². The Labute approximate surface area is 212 Å². The number of aryl methyl sites for hydroxylation is 1. The summed E-state index contributed by atoms with van der Waals surface area (Å²) in [6.45, 7) is 12.8. The molecule has 0 spiro atoms. The Morgan fingerprint density at radius 1 is 0.800 bits per heavy atom. The molecule has 0 N–H and O–H groups in total. The van der Waals surface area contributed by atoms with Gasteiger partial charge in [-0.2, -0.15) is 0 Å². The largest absolute Gasteiger partial charge is 0.494 e. The van der Waals surface area contributed by atoms with Crippen LogP contribution in [0.15, 0.2) is 49.6 Å². The SMILES string of the molecule is C=CC(=O)OCCCCCC1CCC(C)CC1.C=CC(=O)OCCCCCOc1ccc(C)cc1. The molecule has 2 rings (SSSR count). The predicted octanol–water partition coefficient (Wildman–Crippen LogP) is 7.38. The number of carbonyl (C=O) groups excluding carboxylic acids is 2. The third-order valence-electron chi connectivity index (χ3n) is 6.29. The minimum Gasteiger partial charge on any atom is -0.494 e. The van der Waals surface area contributed by atoms with Gasteiger partial charge in [-0.3, -0.25) is 0 Å². The van der Waals surface area contributed by atoms with Gasteiger partial charge in [-0.1, -0.05) is 82.7 Å². The Kier molecular flexibility index (Phi) is 17.2. The minimum atomic E-state index is -0.356. The van der Waals surface area contributed by atoms with E-state index in [1.807, 2.05) is 31.2 Å². The van der Waals surface area contributed by atoms with Crippen molar-refractivity contribution in [2.24, 2.45) is 11.8 Å². The van der Waals surface area contributed by atoms with E-state index in [4.69, 9.17) is 14.2 Å². The van der Waals surface area contributed by atoms with Gasteiger partial charge in [-0.15, -0.1) is 0 Å². The summed E-state index contributed by atoms with van der Waals surface area (Å²) in [7, 11) is 0. The van der Waals surface area contributed by atoms with E-state index in [9.17, 15) is 9.59 Å². The molecule has 35 heavy (non-hydrogen) atoms. The molecule has 0 bridgehead atoms. The summed E-state index contributed by atoms with van der Waals surface area (Å²) < 4.78 is 15.4. The lowest BCUT2D eigenvalue weighted by atomic mass is 9.80. The Morgan fingerprint density at radius 3 is 1.86 bits per heavy atom. The number of rotatable bonds is 15. The second-order valence-electron chi connectivity index (χ2n) is 9.44. The van der Waals surface area contributed by atoms with Crippen LogP contribution in [0.3, 0.4) is 0 Å². The van der Waals surface area contributed by atoms with Gasteiger partial charge in [-0.25, -0.2) is 9.59 Å². The Morgan fingerprint density at radius 2 is 1.31 bits per heavy atom. The van der Waals surface area contributed by atoms with Gasteiger partial charge in [0.05, 0.1) is 19.8 Å². The maximum absolute atomic E-state index is 10.8. The summed E-state index contributed by atoms with van der Waals surface area (Å²) in [6.07, 6.45) is 15.7. The van der Waals surface area contributed by atoms with Crippen LogP contribution in [0.2, 0.25) is 0 Å². The minimum absolute atomic E-state index is 0.300. The van der Waals surface area contributed by atoms with Crippen molar-refractivity contribution in [3.63, 3.8) is 0 Å². The zero-order valence-electron chi connectivity index (χ0n) is 22.0. The molecule has 0 radical (unpaired) electrons. The van der Waals surface area contributed by atoms with Crippen molar-refractivity contribution in [2.75, 3.05) is 19.8 Å². The van der Waals surface area contributed by atoms with Gasteiger partial charge < -0.3 is 14.2 Å². The van der Waals surface area contributed by atoms with E-state index in [1.54, 1.807) is 0 Å². The van der Waals surface area contributed by atoms with E-state index >= 15 is 0 Å². The van der Waals surface area contributed by atoms with Gasteiger partial charge >= 0.3 is 11.9 Å². The molecule has 0 aliphatic heterocycles. The zero-order valence-corrected chi connectivity index (χ0v) is 22.0. The Balaban J connectivity index is 0.000000351. The quantitative estimate of drug-likeness (QED) is 0.147. The number of unbranched alkanes of at least 4 members (excludes halogenated alkanes) is 4. The molecule has 1 saturated carbocycles. The van der Waals surface area contributed by atoms with Gasteiger partial charge in [0, 0.05) is 12.2 Å². The summed E-state index contributed by atoms with van der Waals surface area (Å²) in [4.78, 5) is 21.5. The molecule has 5 nitrogen and oxygen atoms in total. The van der Waals surface area contributed by atoms with Gasteiger partial charge in [0.1, 0.15) is 5.75 Å². The Bertz CT molecular complexity index is 717. The first-order valence-corrected chi connectivity index (χ1v) is 13.2. The summed E-state index contributed by atoms with van der Waals surface area (Å²) >= 11 is 0. The molecule has 0 atom stereocenters. The van der Waals surface area contributed by atoms with Gasteiger partial charge in [0.15, 0.2) is 0 Å². The van der Waals surface area contributed by atoms with Crippen molar-refractivity contribution < 1.29 is 23.8 Å². The summed E-state index contributed by atoms with van der Waals surface area (Å²) in [5.41, 5.74) is 1.23. The zero-order chi connectivity index (χ0) is 25.7. The summed E-state index contributed by atoms with van der Waals surface area (Å²) in [5.74, 6) is 2.15. The molecule has 1 aliphatic rings. The number of carbonyl (C=O) groups is 2. The molecule has 0 amide bonds. The Hall–Kier alpha value is -2.56. The standard InChI is InChI=1S/C15H20O3.C15H26O2/c1-3-15(16)18-12-6-4-5-11-17-14-9-7-13(2)8-10-14;1-3-15(16)17-12-6-4-5-7-14-10-8-13(2)9-11-14/h3,7-10H,1,4-6,11-12H2,2H3;3,13-14H,1,4-12H2,2H3. The van der Waals surface area contributed by atoms with E-state index in [2.05, 4.69) is 20.1 Å². The second kappa shape index (κ2) is 19.7. The molecular formula is C30H46O5. The number of hydrogen-bond donors (Lipinski definition) is 0. The van der Waals surface area contributed by atoms with Crippen LogP contribution in [0.25, 0.3) is 0 Å². The van der Waals surface area contributed by atoms with Gasteiger partial charge in [0.2, 0.25) is 0 Å². The van der Waals surface area contributed by atoms with Crippen molar-refractivity contribution in [1.82, 2.24) is 0 Å². The van der Waals surface area contributed by atoms with Gasteiger partial charge in [0.25, 0.3) is 0 Å². The highest BCUT2D eigenvalue weighted by molar-refractivity contribution is 5.81. The average molecular weight is 487 g/mol. The molecule has 1 aromatic carbocycles. The van der Waals surface area contributed by atoms with Crippen LogP contribution in [0.4, 0.5) is 0 Å². The molecule has 1 aliphatic carbocycles. The second-order valence-corrected chi connectivity index (χ2v) is 9.44. The molecule has 1 fully saturated rings. The fourth-order valence-electron chi connectivity index (χ4n) is 4.00. The number of esters is 2. The molecule has 0 unspecified atom stereocenters. The summed E-state index contributed by atoms with van der Waals surface area (Å²) in [6, 6.07) is 8.01. The lowest BCUT2D eigenvalue weighted by Crippen LogP contribution is -2.12. The maximum Gasteiger partial charge on any atom is 0.330 e. The lowest BCUT2D eigenvalue weighted by molar-refractivity contribution is -0.138. The van der Waals surface area contributed by atoms with Crippen LogP contribution < -0.4 is 4.74 Å². The highest BCUT2D eigenvalue weighted by Gasteiger charge is 2.17. The maximum atomic E-state index is 10.8. The molecule has 5 heteroatoms. The highest BCUT2D eigenvalue weighted by atomic mass is 16.5. The van der Waals surface area contributed by atoms with Crippen molar-refractivity contribution in [1.29, 1.82) is 0 Å². The lowest BCUT2D eigenvalue weighted by Gasteiger charge is -2.25. The van der Waals surface area contributed by atoms with Crippen LogP contribution in [0, 0.1) is 18.8 Å². The highest BCUT2D eigenvalue weighted by Crippen LogP contribution is 2.31. The van der Waals surface area contributed by atoms with Crippen molar-refractivity contribution >= 4 is 11.9 Å².